The van der Waals surface area contributed by atoms with Gasteiger partial charge in [-0.3, -0.25) is 4.79 Å². The van der Waals surface area contributed by atoms with Crippen molar-refractivity contribution in [2.24, 2.45) is 0 Å². The van der Waals surface area contributed by atoms with Gasteiger partial charge in [-0.1, -0.05) is 65.4 Å². The van der Waals surface area contributed by atoms with Crippen molar-refractivity contribution >= 4 is 63.5 Å². The van der Waals surface area contributed by atoms with Crippen LogP contribution in [0.15, 0.2) is 47.4 Å². The molecule has 0 saturated carbocycles. The van der Waals surface area contributed by atoms with Crippen molar-refractivity contribution in [3.05, 3.63) is 68.5 Å². The van der Waals surface area contributed by atoms with Crippen LogP contribution in [0.5, 0.6) is 5.75 Å². The molecule has 1 heterocycles. The van der Waals surface area contributed by atoms with E-state index in [-0.39, 0.29) is 5.91 Å². The predicted octanol–water partition coefficient (Wildman–Crippen LogP) is 5.06. The zero-order valence-electron chi connectivity index (χ0n) is 12.2. The minimum Gasteiger partial charge on any atom is -0.489 e. The number of carbonyl (C=O) groups is 1. The number of thiocarbonyl (C=S) groups is 1. The molecule has 0 aromatic heterocycles. The van der Waals surface area contributed by atoms with Gasteiger partial charge in [0.25, 0.3) is 5.91 Å². The quantitative estimate of drug-likeness (QED) is 0.579. The summed E-state index contributed by atoms with van der Waals surface area (Å²) in [5.74, 6) is 0.522. The standard InChI is InChI=1S/C17H11Cl2NO2S2/c18-13-5-4-11(7-14(13)19)9-22-12-3-1-2-10(6-12)8-15-16(21)20-17(23)24-15/h1-8H,9H2,(H,20,21,23)/b15-8-. The third kappa shape index (κ3) is 4.30. The van der Waals surface area contributed by atoms with E-state index >= 15 is 0 Å². The first-order chi connectivity index (χ1) is 11.5. The first kappa shape index (κ1) is 17.3. The maximum absolute atomic E-state index is 11.7. The van der Waals surface area contributed by atoms with E-state index < -0.39 is 0 Å². The fraction of sp³-hybridized carbons (Fsp3) is 0.0588. The van der Waals surface area contributed by atoms with E-state index in [1.165, 1.54) is 11.8 Å². The highest BCUT2D eigenvalue weighted by molar-refractivity contribution is 8.26. The second-order valence-corrected chi connectivity index (χ2v) is 7.50. The summed E-state index contributed by atoms with van der Waals surface area (Å²) in [5, 5.41) is 3.60. The van der Waals surface area contributed by atoms with Gasteiger partial charge in [0.05, 0.1) is 15.0 Å². The molecule has 2 aromatic rings. The monoisotopic (exact) mass is 395 g/mol. The van der Waals surface area contributed by atoms with E-state index in [1.807, 2.05) is 30.3 Å². The highest BCUT2D eigenvalue weighted by Gasteiger charge is 2.21. The van der Waals surface area contributed by atoms with Crippen LogP contribution in [0.3, 0.4) is 0 Å². The van der Waals surface area contributed by atoms with Crippen molar-refractivity contribution in [1.82, 2.24) is 5.32 Å². The van der Waals surface area contributed by atoms with Crippen molar-refractivity contribution < 1.29 is 9.53 Å². The summed E-state index contributed by atoms with van der Waals surface area (Å²) < 4.78 is 6.25. The molecule has 2 aromatic carbocycles. The molecule has 0 atom stereocenters. The second kappa shape index (κ2) is 7.57. The molecule has 1 saturated heterocycles. The highest BCUT2D eigenvalue weighted by Crippen LogP contribution is 2.27. The third-order valence-electron chi connectivity index (χ3n) is 3.19. The van der Waals surface area contributed by atoms with Crippen molar-refractivity contribution in [3.63, 3.8) is 0 Å². The molecule has 24 heavy (non-hydrogen) atoms. The lowest BCUT2D eigenvalue weighted by Gasteiger charge is -2.08. The Labute approximate surface area is 159 Å². The Morgan fingerprint density at radius 3 is 2.71 bits per heavy atom. The minimum absolute atomic E-state index is 0.174. The van der Waals surface area contributed by atoms with E-state index in [2.05, 4.69) is 5.32 Å². The van der Waals surface area contributed by atoms with Gasteiger partial charge in [0, 0.05) is 0 Å². The van der Waals surface area contributed by atoms with Crippen LogP contribution in [0.4, 0.5) is 0 Å². The van der Waals surface area contributed by atoms with E-state index in [0.717, 1.165) is 11.1 Å². The number of nitrogens with one attached hydrogen (secondary N) is 1. The predicted molar refractivity (Wildman–Crippen MR) is 104 cm³/mol. The molecule has 122 valence electrons. The molecule has 0 unspecified atom stereocenters. The molecule has 0 aliphatic carbocycles. The maximum atomic E-state index is 11.7. The lowest BCUT2D eigenvalue weighted by Crippen LogP contribution is -2.17. The average molecular weight is 396 g/mol. The molecule has 0 bridgehead atoms. The number of rotatable bonds is 4. The highest BCUT2D eigenvalue weighted by atomic mass is 35.5. The Kier molecular flexibility index (Phi) is 5.46. The van der Waals surface area contributed by atoms with Gasteiger partial charge in [-0.15, -0.1) is 0 Å². The topological polar surface area (TPSA) is 38.3 Å². The Morgan fingerprint density at radius 2 is 2.00 bits per heavy atom. The van der Waals surface area contributed by atoms with Gasteiger partial charge >= 0.3 is 0 Å². The molecule has 0 radical (unpaired) electrons. The Bertz CT molecular complexity index is 852. The number of hydrogen-bond donors (Lipinski definition) is 1. The summed E-state index contributed by atoms with van der Waals surface area (Å²) >= 11 is 18.1. The molecule has 1 amide bonds. The molecular formula is C17H11Cl2NO2S2. The van der Waals surface area contributed by atoms with E-state index in [4.69, 9.17) is 40.2 Å². The van der Waals surface area contributed by atoms with Crippen LogP contribution in [-0.4, -0.2) is 10.2 Å². The average Bonchev–Trinajstić information content (AvgIpc) is 2.86. The second-order valence-electron chi connectivity index (χ2n) is 4.96. The van der Waals surface area contributed by atoms with Gasteiger partial charge in [-0.05, 0) is 41.5 Å². The fourth-order valence-electron chi connectivity index (χ4n) is 2.06. The molecule has 1 aliphatic heterocycles. The molecule has 1 aliphatic rings. The van der Waals surface area contributed by atoms with E-state index in [0.29, 0.717) is 31.6 Å². The van der Waals surface area contributed by atoms with Gasteiger partial charge in [0.15, 0.2) is 0 Å². The summed E-state index contributed by atoms with van der Waals surface area (Å²) in [6.07, 6.45) is 1.78. The zero-order valence-corrected chi connectivity index (χ0v) is 15.4. The first-order valence-electron chi connectivity index (χ1n) is 6.93. The van der Waals surface area contributed by atoms with Gasteiger partial charge in [-0.2, -0.15) is 0 Å². The smallest absolute Gasteiger partial charge is 0.263 e. The first-order valence-corrected chi connectivity index (χ1v) is 8.91. The van der Waals surface area contributed by atoms with Crippen molar-refractivity contribution in [3.8, 4) is 5.75 Å². The minimum atomic E-state index is -0.174. The van der Waals surface area contributed by atoms with Crippen molar-refractivity contribution in [2.75, 3.05) is 0 Å². The van der Waals surface area contributed by atoms with Gasteiger partial charge in [0.1, 0.15) is 16.7 Å². The van der Waals surface area contributed by atoms with E-state index in [1.54, 1.807) is 18.2 Å². The number of halogens is 2. The van der Waals surface area contributed by atoms with Crippen LogP contribution in [-0.2, 0) is 11.4 Å². The molecule has 3 rings (SSSR count). The molecule has 3 nitrogen and oxygen atoms in total. The molecule has 1 fully saturated rings. The molecular weight excluding hydrogens is 385 g/mol. The van der Waals surface area contributed by atoms with E-state index in [9.17, 15) is 4.79 Å². The lowest BCUT2D eigenvalue weighted by atomic mass is 10.2. The van der Waals surface area contributed by atoms with Crippen LogP contribution in [0, 0.1) is 0 Å². The van der Waals surface area contributed by atoms with Crippen LogP contribution in [0.25, 0.3) is 6.08 Å². The van der Waals surface area contributed by atoms with Gasteiger partial charge in [0.2, 0.25) is 0 Å². The number of amides is 1. The van der Waals surface area contributed by atoms with Crippen LogP contribution >= 0.6 is 47.2 Å². The van der Waals surface area contributed by atoms with Crippen LogP contribution in [0.1, 0.15) is 11.1 Å². The van der Waals surface area contributed by atoms with Crippen molar-refractivity contribution in [2.45, 2.75) is 6.61 Å². The summed E-state index contributed by atoms with van der Waals surface area (Å²) in [6.45, 7) is 0.371. The summed E-state index contributed by atoms with van der Waals surface area (Å²) in [4.78, 5) is 12.3. The van der Waals surface area contributed by atoms with Crippen molar-refractivity contribution in [1.29, 1.82) is 0 Å². The SMILES string of the molecule is O=C1NC(=S)S/C1=C\c1cccc(OCc2ccc(Cl)c(Cl)c2)c1. The number of ether oxygens (including phenoxy) is 1. The number of benzene rings is 2. The largest absolute Gasteiger partial charge is 0.489 e. The molecule has 0 spiro atoms. The zero-order chi connectivity index (χ0) is 17.1. The lowest BCUT2D eigenvalue weighted by molar-refractivity contribution is -0.115. The Hall–Kier alpha value is -1.53. The molecule has 1 N–H and O–H groups in total. The normalized spacial score (nSPS) is 15.7. The van der Waals surface area contributed by atoms with Crippen LogP contribution in [0.2, 0.25) is 10.0 Å². The summed E-state index contributed by atoms with van der Waals surface area (Å²) in [6, 6.07) is 12.9. The van der Waals surface area contributed by atoms with Gasteiger partial charge < -0.3 is 10.1 Å². The number of hydrogen-bond acceptors (Lipinski definition) is 4. The molecule has 7 heteroatoms. The third-order valence-corrected chi connectivity index (χ3v) is 5.09. The summed E-state index contributed by atoms with van der Waals surface area (Å²) in [5.41, 5.74) is 1.79. The Balaban J connectivity index is 1.71. The van der Waals surface area contributed by atoms with Crippen LogP contribution < -0.4 is 10.1 Å². The fourth-order valence-corrected chi connectivity index (χ4v) is 3.43. The summed E-state index contributed by atoms with van der Waals surface area (Å²) in [7, 11) is 0. The number of carbonyl (C=O) groups excluding carboxylic acids is 1. The van der Waals surface area contributed by atoms with Gasteiger partial charge in [-0.25, -0.2) is 0 Å². The maximum Gasteiger partial charge on any atom is 0.263 e. The number of thioether (sulfide) groups is 1. The Morgan fingerprint density at radius 1 is 1.17 bits per heavy atom.